The highest BCUT2D eigenvalue weighted by Gasteiger charge is 2.19. The first-order valence-corrected chi connectivity index (χ1v) is 8.79. The fourth-order valence-electron chi connectivity index (χ4n) is 3.36. The molecule has 2 aliphatic rings. The third-order valence-electron chi connectivity index (χ3n) is 4.90. The van der Waals surface area contributed by atoms with Gasteiger partial charge in [-0.25, -0.2) is 9.97 Å². The van der Waals surface area contributed by atoms with Crippen molar-refractivity contribution >= 4 is 11.7 Å². The normalized spacial score (nSPS) is 21.0. The molecule has 1 aliphatic carbocycles. The molecule has 6 heteroatoms. The average Bonchev–Trinajstić information content (AvgIpc) is 2.84. The third kappa shape index (κ3) is 4.41. The van der Waals surface area contributed by atoms with Gasteiger partial charge in [0.15, 0.2) is 0 Å². The molecule has 6 nitrogen and oxygen atoms in total. The number of rotatable bonds is 3. The monoisotopic (exact) mass is 317 g/mol. The van der Waals surface area contributed by atoms with Gasteiger partial charge in [-0.3, -0.25) is 4.79 Å². The Morgan fingerprint density at radius 1 is 1.09 bits per heavy atom. The summed E-state index contributed by atoms with van der Waals surface area (Å²) >= 11 is 0. The molecule has 0 aromatic carbocycles. The summed E-state index contributed by atoms with van der Waals surface area (Å²) in [5, 5.41) is 3.16. The molecule has 0 radical (unpaired) electrons. The first-order chi connectivity index (χ1) is 11.2. The second-order valence-corrected chi connectivity index (χ2v) is 6.71. The van der Waals surface area contributed by atoms with Crippen LogP contribution in [0.5, 0.6) is 0 Å². The number of amides is 1. The summed E-state index contributed by atoms with van der Waals surface area (Å²) < 4.78 is 0. The van der Waals surface area contributed by atoms with Gasteiger partial charge in [0.1, 0.15) is 17.8 Å². The molecule has 1 aromatic heterocycles. The van der Waals surface area contributed by atoms with E-state index in [1.807, 2.05) is 6.07 Å². The number of carbonyl (C=O) groups is 1. The number of aromatic nitrogens is 2. The molecule has 1 saturated heterocycles. The van der Waals surface area contributed by atoms with Crippen molar-refractivity contribution in [3.63, 3.8) is 0 Å². The van der Waals surface area contributed by atoms with Gasteiger partial charge in [0.2, 0.25) is 0 Å². The number of anilines is 1. The van der Waals surface area contributed by atoms with Crippen LogP contribution in [0, 0.1) is 0 Å². The van der Waals surface area contributed by atoms with Crippen LogP contribution in [-0.2, 0) is 0 Å². The Balaban J connectivity index is 1.63. The van der Waals surface area contributed by atoms with Crippen LogP contribution >= 0.6 is 0 Å². The van der Waals surface area contributed by atoms with Gasteiger partial charge in [0.25, 0.3) is 5.91 Å². The molecule has 0 atom stereocenters. The van der Waals surface area contributed by atoms with Crippen molar-refractivity contribution in [3.8, 4) is 0 Å². The van der Waals surface area contributed by atoms with E-state index in [1.165, 1.54) is 32.0 Å². The van der Waals surface area contributed by atoms with Crippen LogP contribution < -0.4 is 10.2 Å². The number of nitrogens with one attached hydrogen (secondary N) is 1. The van der Waals surface area contributed by atoms with Gasteiger partial charge in [0, 0.05) is 38.3 Å². The van der Waals surface area contributed by atoms with Gasteiger partial charge < -0.3 is 15.1 Å². The maximum atomic E-state index is 12.5. The van der Waals surface area contributed by atoms with E-state index in [9.17, 15) is 4.79 Å². The van der Waals surface area contributed by atoms with Gasteiger partial charge in [-0.05, 0) is 19.9 Å². The van der Waals surface area contributed by atoms with Crippen LogP contribution in [0.1, 0.15) is 49.0 Å². The maximum absolute atomic E-state index is 12.5. The van der Waals surface area contributed by atoms with Crippen LogP contribution in [0.2, 0.25) is 0 Å². The molecule has 0 bridgehead atoms. The molecular weight excluding hydrogens is 290 g/mol. The van der Waals surface area contributed by atoms with Crippen LogP contribution in [-0.4, -0.2) is 60.0 Å². The Labute approximate surface area is 138 Å². The van der Waals surface area contributed by atoms with E-state index in [0.717, 1.165) is 44.8 Å². The van der Waals surface area contributed by atoms with E-state index in [1.54, 1.807) is 0 Å². The summed E-state index contributed by atoms with van der Waals surface area (Å²) in [4.78, 5) is 25.5. The number of carbonyl (C=O) groups excluding carboxylic acids is 1. The molecule has 1 N–H and O–H groups in total. The standard InChI is InChI=1S/C17H27N5O/c1-21-8-10-22(11-9-21)16-12-15(18-13-19-16)17(23)20-14-6-4-2-3-5-7-14/h12-14H,2-11H2,1H3,(H,20,23). The highest BCUT2D eigenvalue weighted by Crippen LogP contribution is 2.18. The van der Waals surface area contributed by atoms with Crippen LogP contribution in [0.3, 0.4) is 0 Å². The SMILES string of the molecule is CN1CCN(c2cc(C(=O)NC3CCCCCC3)ncn2)CC1. The van der Waals surface area contributed by atoms with E-state index in [-0.39, 0.29) is 5.91 Å². The summed E-state index contributed by atoms with van der Waals surface area (Å²) in [5.74, 6) is 0.800. The van der Waals surface area contributed by atoms with Gasteiger partial charge in [-0.15, -0.1) is 0 Å². The molecule has 126 valence electrons. The number of likely N-dealkylation sites (N-methyl/N-ethyl adjacent to an activating group) is 1. The molecule has 1 aliphatic heterocycles. The molecular formula is C17H27N5O. The van der Waals surface area contributed by atoms with E-state index >= 15 is 0 Å². The van der Waals surface area contributed by atoms with Gasteiger partial charge in [-0.2, -0.15) is 0 Å². The highest BCUT2D eigenvalue weighted by atomic mass is 16.1. The van der Waals surface area contributed by atoms with E-state index in [2.05, 4.69) is 32.1 Å². The minimum Gasteiger partial charge on any atom is -0.354 e. The summed E-state index contributed by atoms with van der Waals surface area (Å²) in [5.41, 5.74) is 0.484. The third-order valence-corrected chi connectivity index (χ3v) is 4.90. The van der Waals surface area contributed by atoms with Crippen LogP contribution in [0.25, 0.3) is 0 Å². The quantitative estimate of drug-likeness (QED) is 0.860. The van der Waals surface area contributed by atoms with Crippen molar-refractivity contribution < 1.29 is 4.79 Å². The summed E-state index contributed by atoms with van der Waals surface area (Å²) in [6, 6.07) is 2.13. The van der Waals surface area contributed by atoms with Gasteiger partial charge in [0.05, 0.1) is 0 Å². The molecule has 0 unspecified atom stereocenters. The lowest BCUT2D eigenvalue weighted by atomic mass is 10.1. The number of nitrogens with zero attached hydrogens (tertiary/aromatic N) is 4. The van der Waals surface area contributed by atoms with E-state index < -0.39 is 0 Å². The van der Waals surface area contributed by atoms with E-state index in [0.29, 0.717) is 11.7 Å². The largest absolute Gasteiger partial charge is 0.354 e. The molecule has 23 heavy (non-hydrogen) atoms. The Hall–Kier alpha value is -1.69. The van der Waals surface area contributed by atoms with Crippen molar-refractivity contribution in [2.75, 3.05) is 38.1 Å². The lowest BCUT2D eigenvalue weighted by molar-refractivity contribution is 0.0928. The summed E-state index contributed by atoms with van der Waals surface area (Å²) in [7, 11) is 2.13. The predicted octanol–water partition coefficient (Wildman–Crippen LogP) is 1.68. The van der Waals surface area contributed by atoms with E-state index in [4.69, 9.17) is 0 Å². The Morgan fingerprint density at radius 3 is 2.48 bits per heavy atom. The van der Waals surface area contributed by atoms with Gasteiger partial charge in [-0.1, -0.05) is 25.7 Å². The van der Waals surface area contributed by atoms with Crippen molar-refractivity contribution in [1.82, 2.24) is 20.2 Å². The molecule has 2 heterocycles. The molecule has 1 amide bonds. The number of hydrogen-bond acceptors (Lipinski definition) is 5. The highest BCUT2D eigenvalue weighted by molar-refractivity contribution is 5.93. The summed E-state index contributed by atoms with van der Waals surface area (Å²) in [6.45, 7) is 3.93. The molecule has 1 aromatic rings. The first kappa shape index (κ1) is 16.2. The smallest absolute Gasteiger partial charge is 0.270 e. The van der Waals surface area contributed by atoms with Gasteiger partial charge >= 0.3 is 0 Å². The molecule has 1 saturated carbocycles. The second-order valence-electron chi connectivity index (χ2n) is 6.71. The second kappa shape index (κ2) is 7.73. The molecule has 0 spiro atoms. The van der Waals surface area contributed by atoms with Crippen molar-refractivity contribution in [1.29, 1.82) is 0 Å². The Bertz CT molecular complexity index is 519. The fraction of sp³-hybridized carbons (Fsp3) is 0.706. The predicted molar refractivity (Wildman–Crippen MR) is 90.7 cm³/mol. The zero-order valence-corrected chi connectivity index (χ0v) is 14.0. The lowest BCUT2D eigenvalue weighted by Crippen LogP contribution is -2.45. The minimum atomic E-state index is -0.0605. The average molecular weight is 317 g/mol. The molecule has 3 rings (SSSR count). The number of hydrogen-bond donors (Lipinski definition) is 1. The van der Waals surface area contributed by atoms with Crippen molar-refractivity contribution in [2.45, 2.75) is 44.6 Å². The fourth-order valence-corrected chi connectivity index (χ4v) is 3.36. The lowest BCUT2D eigenvalue weighted by Gasteiger charge is -2.33. The molecule has 2 fully saturated rings. The summed E-state index contributed by atoms with van der Waals surface area (Å²) in [6.07, 6.45) is 8.67. The number of piperazine rings is 1. The minimum absolute atomic E-state index is 0.0605. The zero-order valence-electron chi connectivity index (χ0n) is 14.0. The van der Waals surface area contributed by atoms with Crippen molar-refractivity contribution in [2.24, 2.45) is 0 Å². The topological polar surface area (TPSA) is 61.4 Å². The first-order valence-electron chi connectivity index (χ1n) is 8.79. The zero-order chi connectivity index (χ0) is 16.1. The van der Waals surface area contributed by atoms with Crippen LogP contribution in [0.15, 0.2) is 12.4 Å². The van der Waals surface area contributed by atoms with Crippen molar-refractivity contribution in [3.05, 3.63) is 18.1 Å². The van der Waals surface area contributed by atoms with Crippen LogP contribution in [0.4, 0.5) is 5.82 Å². The Kier molecular flexibility index (Phi) is 5.43. The Morgan fingerprint density at radius 2 is 1.78 bits per heavy atom. The maximum Gasteiger partial charge on any atom is 0.270 e.